The Bertz CT molecular complexity index is 952. The summed E-state index contributed by atoms with van der Waals surface area (Å²) in [5, 5.41) is 5.80. The first-order chi connectivity index (χ1) is 13.9. The van der Waals surface area contributed by atoms with E-state index in [0.29, 0.717) is 37.3 Å². The molecule has 2 aromatic rings. The van der Waals surface area contributed by atoms with E-state index < -0.39 is 5.66 Å². The molecular weight excluding hydrogens is 439 g/mol. The van der Waals surface area contributed by atoms with Crippen molar-refractivity contribution in [3.05, 3.63) is 64.4 Å². The minimum Gasteiger partial charge on any atom is -0.326 e. The molecule has 150 valence electrons. The summed E-state index contributed by atoms with van der Waals surface area (Å²) in [6.07, 6.45) is 1.28. The highest BCUT2D eigenvalue weighted by Crippen LogP contribution is 2.29. The van der Waals surface area contributed by atoms with Crippen molar-refractivity contribution in [1.29, 1.82) is 0 Å². The van der Waals surface area contributed by atoms with Crippen molar-refractivity contribution in [2.45, 2.75) is 18.5 Å². The molecule has 1 fully saturated rings. The largest absolute Gasteiger partial charge is 0.326 e. The topological polar surface area (TPSA) is 73.8 Å². The minimum atomic E-state index is -0.594. The van der Waals surface area contributed by atoms with Gasteiger partial charge in [-0.3, -0.25) is 19.5 Å². The number of amides is 2. The van der Waals surface area contributed by atoms with E-state index in [9.17, 15) is 14.0 Å². The molecule has 0 unspecified atom stereocenters. The van der Waals surface area contributed by atoms with E-state index in [1.807, 2.05) is 29.2 Å². The summed E-state index contributed by atoms with van der Waals surface area (Å²) in [6, 6.07) is 13.2. The highest BCUT2D eigenvalue weighted by atomic mass is 79.9. The van der Waals surface area contributed by atoms with Crippen LogP contribution in [-0.4, -0.2) is 47.7 Å². The van der Waals surface area contributed by atoms with Crippen LogP contribution >= 0.6 is 15.9 Å². The molecule has 2 aromatic carbocycles. The van der Waals surface area contributed by atoms with Crippen molar-refractivity contribution in [2.24, 2.45) is 4.99 Å². The number of carbonyl (C=O) groups is 2. The predicted octanol–water partition coefficient (Wildman–Crippen LogP) is 2.94. The SMILES string of the molecule is O=C(CN1CCC2(CC1)N=C(c1ccc(Br)cc1)C(=O)N2)Nc1ccc(F)cc1. The van der Waals surface area contributed by atoms with Gasteiger partial charge in [0.15, 0.2) is 0 Å². The number of halogens is 2. The number of rotatable bonds is 4. The fraction of sp³-hybridized carbons (Fsp3) is 0.286. The molecule has 29 heavy (non-hydrogen) atoms. The fourth-order valence-electron chi connectivity index (χ4n) is 3.62. The molecule has 0 saturated carbocycles. The van der Waals surface area contributed by atoms with Crippen LogP contribution in [0.1, 0.15) is 18.4 Å². The number of likely N-dealkylation sites (tertiary alicyclic amines) is 1. The summed E-state index contributed by atoms with van der Waals surface area (Å²) in [7, 11) is 0. The number of nitrogens with one attached hydrogen (secondary N) is 2. The van der Waals surface area contributed by atoms with Gasteiger partial charge < -0.3 is 10.6 Å². The highest BCUT2D eigenvalue weighted by molar-refractivity contribution is 9.10. The lowest BCUT2D eigenvalue weighted by molar-refractivity contribution is -0.119. The second-order valence-electron chi connectivity index (χ2n) is 7.28. The van der Waals surface area contributed by atoms with E-state index in [-0.39, 0.29) is 24.2 Å². The van der Waals surface area contributed by atoms with Gasteiger partial charge in [-0.05, 0) is 36.4 Å². The van der Waals surface area contributed by atoms with Gasteiger partial charge in [0.1, 0.15) is 17.2 Å². The molecule has 0 bridgehead atoms. The molecule has 1 saturated heterocycles. The third-order valence-electron chi connectivity index (χ3n) is 5.18. The molecule has 0 aromatic heterocycles. The van der Waals surface area contributed by atoms with Crippen LogP contribution in [0.5, 0.6) is 0 Å². The molecule has 2 aliphatic rings. The predicted molar refractivity (Wildman–Crippen MR) is 112 cm³/mol. The van der Waals surface area contributed by atoms with E-state index in [1.165, 1.54) is 24.3 Å². The van der Waals surface area contributed by atoms with E-state index >= 15 is 0 Å². The number of nitrogens with zero attached hydrogens (tertiary/aromatic N) is 2. The molecule has 2 N–H and O–H groups in total. The van der Waals surface area contributed by atoms with Crippen LogP contribution in [0.2, 0.25) is 0 Å². The van der Waals surface area contributed by atoms with Crippen molar-refractivity contribution in [3.63, 3.8) is 0 Å². The maximum atomic E-state index is 13.0. The maximum absolute atomic E-state index is 13.0. The van der Waals surface area contributed by atoms with Gasteiger partial charge in [0.2, 0.25) is 5.91 Å². The van der Waals surface area contributed by atoms with Gasteiger partial charge >= 0.3 is 0 Å². The Morgan fingerprint density at radius 1 is 1.14 bits per heavy atom. The lowest BCUT2D eigenvalue weighted by Crippen LogP contribution is -2.52. The first-order valence-electron chi connectivity index (χ1n) is 9.39. The van der Waals surface area contributed by atoms with Crippen molar-refractivity contribution >= 4 is 39.1 Å². The summed E-state index contributed by atoms with van der Waals surface area (Å²) in [5.41, 5.74) is 1.23. The molecule has 2 heterocycles. The summed E-state index contributed by atoms with van der Waals surface area (Å²) >= 11 is 3.39. The van der Waals surface area contributed by atoms with Crippen LogP contribution in [-0.2, 0) is 9.59 Å². The smallest absolute Gasteiger partial charge is 0.272 e. The van der Waals surface area contributed by atoms with Crippen LogP contribution in [0.3, 0.4) is 0 Å². The Balaban J connectivity index is 1.35. The number of hydrogen-bond donors (Lipinski definition) is 2. The lowest BCUT2D eigenvalue weighted by atomic mass is 9.98. The molecule has 4 rings (SSSR count). The van der Waals surface area contributed by atoms with Crippen LogP contribution in [0.25, 0.3) is 0 Å². The van der Waals surface area contributed by atoms with Gasteiger partial charge in [-0.2, -0.15) is 0 Å². The van der Waals surface area contributed by atoms with Gasteiger partial charge in [0.25, 0.3) is 5.91 Å². The number of benzene rings is 2. The quantitative estimate of drug-likeness (QED) is 0.739. The van der Waals surface area contributed by atoms with E-state index in [1.54, 1.807) is 0 Å². The zero-order valence-electron chi connectivity index (χ0n) is 15.6. The van der Waals surface area contributed by atoms with Gasteiger partial charge in [-0.15, -0.1) is 0 Å². The van der Waals surface area contributed by atoms with Crippen LogP contribution < -0.4 is 10.6 Å². The van der Waals surface area contributed by atoms with E-state index in [0.717, 1.165) is 10.0 Å². The summed E-state index contributed by atoms with van der Waals surface area (Å²) in [5.74, 6) is -0.650. The average molecular weight is 459 g/mol. The second-order valence-corrected chi connectivity index (χ2v) is 8.20. The Morgan fingerprint density at radius 3 is 2.45 bits per heavy atom. The van der Waals surface area contributed by atoms with Crippen molar-refractivity contribution in [1.82, 2.24) is 10.2 Å². The van der Waals surface area contributed by atoms with Crippen molar-refractivity contribution < 1.29 is 14.0 Å². The van der Waals surface area contributed by atoms with E-state index in [4.69, 9.17) is 4.99 Å². The first-order valence-corrected chi connectivity index (χ1v) is 10.2. The third kappa shape index (κ3) is 4.54. The lowest BCUT2D eigenvalue weighted by Gasteiger charge is -2.36. The summed E-state index contributed by atoms with van der Waals surface area (Å²) in [6.45, 7) is 1.53. The zero-order chi connectivity index (χ0) is 20.4. The fourth-order valence-corrected chi connectivity index (χ4v) is 3.89. The van der Waals surface area contributed by atoms with Crippen LogP contribution in [0, 0.1) is 5.82 Å². The second kappa shape index (κ2) is 8.04. The van der Waals surface area contributed by atoms with Gasteiger partial charge in [-0.1, -0.05) is 28.1 Å². The number of piperidine rings is 1. The van der Waals surface area contributed by atoms with Gasteiger partial charge in [-0.25, -0.2) is 4.39 Å². The molecule has 0 radical (unpaired) electrons. The van der Waals surface area contributed by atoms with Crippen molar-refractivity contribution in [3.8, 4) is 0 Å². The Labute approximate surface area is 176 Å². The molecule has 0 atom stereocenters. The standard InChI is InChI=1S/C21H20BrFN4O2/c22-15-3-1-14(2-4-15)19-20(29)26-21(25-19)9-11-27(12-10-21)13-18(28)24-17-7-5-16(23)6-8-17/h1-8H,9-13H2,(H,24,28)(H,26,29). The molecular formula is C21H20BrFN4O2. The molecule has 2 aliphatic heterocycles. The van der Waals surface area contributed by atoms with Crippen molar-refractivity contribution in [2.75, 3.05) is 25.0 Å². The Morgan fingerprint density at radius 2 is 1.79 bits per heavy atom. The Kier molecular flexibility index (Phi) is 5.47. The average Bonchev–Trinajstić information content (AvgIpc) is 3.02. The summed E-state index contributed by atoms with van der Waals surface area (Å²) in [4.78, 5) is 31.5. The first kappa shape index (κ1) is 19.7. The number of carbonyl (C=O) groups excluding carboxylic acids is 2. The van der Waals surface area contributed by atoms with Gasteiger partial charge in [0.05, 0.1) is 6.54 Å². The molecule has 1 spiro atoms. The third-order valence-corrected chi connectivity index (χ3v) is 5.71. The van der Waals surface area contributed by atoms with Crippen LogP contribution in [0.4, 0.5) is 10.1 Å². The maximum Gasteiger partial charge on any atom is 0.272 e. The monoisotopic (exact) mass is 458 g/mol. The number of anilines is 1. The molecule has 6 nitrogen and oxygen atoms in total. The molecule has 0 aliphatic carbocycles. The number of aliphatic imine (C=N–C) groups is 1. The highest BCUT2D eigenvalue weighted by Gasteiger charge is 2.42. The van der Waals surface area contributed by atoms with Gasteiger partial charge in [0, 0.05) is 41.7 Å². The molecule has 8 heteroatoms. The van der Waals surface area contributed by atoms with E-state index in [2.05, 4.69) is 26.6 Å². The normalized spacial score (nSPS) is 18.4. The zero-order valence-corrected chi connectivity index (χ0v) is 17.2. The molecule has 2 amide bonds. The summed E-state index contributed by atoms with van der Waals surface area (Å²) < 4.78 is 13.9. The van der Waals surface area contributed by atoms with Crippen LogP contribution in [0.15, 0.2) is 58.0 Å². The Hall–Kier alpha value is -2.58. The number of hydrogen-bond acceptors (Lipinski definition) is 4. The minimum absolute atomic E-state index is 0.151.